The molecule has 8 N–H and O–H groups in total. The zero-order valence-electron chi connectivity index (χ0n) is 48.9. The van der Waals surface area contributed by atoms with Crippen molar-refractivity contribution < 1.29 is 97.9 Å². The van der Waals surface area contributed by atoms with Gasteiger partial charge in [0.15, 0.2) is 17.4 Å². The average molecular weight is 1180 g/mol. The molecule has 24 unspecified atom stereocenters. The van der Waals surface area contributed by atoms with Gasteiger partial charge in [0.2, 0.25) is 0 Å². The lowest BCUT2D eigenvalue weighted by Crippen LogP contribution is -2.65. The summed E-state index contributed by atoms with van der Waals surface area (Å²) in [6.07, 6.45) is -8.40. The van der Waals surface area contributed by atoms with Crippen molar-refractivity contribution in [1.29, 1.82) is 0 Å². The van der Waals surface area contributed by atoms with Crippen LogP contribution in [0.3, 0.4) is 0 Å². The topological polar surface area (TPSA) is 296 Å². The number of hydrogen-bond acceptors (Lipinski definition) is 20. The van der Waals surface area contributed by atoms with Crippen LogP contribution in [0, 0.1) is 23.7 Å². The summed E-state index contributed by atoms with van der Waals surface area (Å²) >= 11 is 5.88. The van der Waals surface area contributed by atoms with Crippen molar-refractivity contribution in [1.82, 2.24) is 0 Å². The van der Waals surface area contributed by atoms with Crippen LogP contribution in [0.1, 0.15) is 151 Å². The normalized spacial score (nSPS) is 45.8. The van der Waals surface area contributed by atoms with Gasteiger partial charge in [-0.2, -0.15) is 0 Å². The van der Waals surface area contributed by atoms with E-state index >= 15 is 0 Å². The van der Waals surface area contributed by atoms with Gasteiger partial charge in [-0.05, 0) is 51.5 Å². The molecule has 20 nitrogen and oxygen atoms in total. The first-order valence-electron chi connectivity index (χ1n) is 29.4. The third kappa shape index (κ3) is 16.9. The van der Waals surface area contributed by atoms with E-state index < -0.39 is 163 Å². The van der Waals surface area contributed by atoms with E-state index in [-0.39, 0.29) is 81.1 Å². The molecule has 0 amide bonds. The van der Waals surface area contributed by atoms with E-state index in [1.807, 2.05) is 12.2 Å². The zero-order valence-corrected chi connectivity index (χ0v) is 49.6. The average Bonchev–Trinajstić information content (AvgIpc) is 3.31. The first-order valence-corrected chi connectivity index (χ1v) is 29.8. The highest BCUT2D eigenvalue weighted by molar-refractivity contribution is 6.30. The Labute approximate surface area is 487 Å². The van der Waals surface area contributed by atoms with Crippen LogP contribution in [-0.2, 0) is 57.0 Å². The van der Waals surface area contributed by atoms with E-state index in [9.17, 15) is 55.2 Å². The summed E-state index contributed by atoms with van der Waals surface area (Å²) in [5.41, 5.74) is -0.438. The van der Waals surface area contributed by atoms with Crippen molar-refractivity contribution in [2.75, 3.05) is 7.11 Å². The van der Waals surface area contributed by atoms with Gasteiger partial charge in [-0.1, -0.05) is 88.4 Å². The number of methoxy groups -OCH3 is 1. The molecule has 0 aromatic rings. The fraction of sp³-hybridized carbons (Fsp3) is 0.787. The second-order valence-electron chi connectivity index (χ2n) is 25.4. The molecule has 10 bridgehead atoms. The van der Waals surface area contributed by atoms with Crippen LogP contribution in [0.25, 0.3) is 0 Å². The van der Waals surface area contributed by atoms with Crippen molar-refractivity contribution in [3.05, 3.63) is 60.2 Å². The Morgan fingerprint density at radius 1 is 0.841 bits per heavy atom. The van der Waals surface area contributed by atoms with Crippen LogP contribution in [-0.4, -0.2) is 186 Å². The third-order valence-corrected chi connectivity index (χ3v) is 18.1. The number of aliphatic hydroxyl groups excluding tert-OH is 6. The van der Waals surface area contributed by atoms with Gasteiger partial charge >= 0.3 is 11.9 Å². The number of carbonyl (C=O) groups is 3. The lowest BCUT2D eigenvalue weighted by molar-refractivity contribution is -0.351. The fourth-order valence-electron chi connectivity index (χ4n) is 13.8. The second kappa shape index (κ2) is 27.8. The molecular formula is C61H93ClO20. The molecule has 7 aliphatic rings. The van der Waals surface area contributed by atoms with Gasteiger partial charge in [0.25, 0.3) is 0 Å². The molecule has 7 aliphatic heterocycles. The van der Waals surface area contributed by atoms with Crippen LogP contribution in [0.15, 0.2) is 60.2 Å². The summed E-state index contributed by atoms with van der Waals surface area (Å²) in [5.74, 6) is -9.90. The minimum Gasteiger partial charge on any atom is -0.461 e. The molecule has 7 rings (SSSR count). The minimum atomic E-state index is -2.39. The Morgan fingerprint density at radius 3 is 2.21 bits per heavy atom. The van der Waals surface area contributed by atoms with Crippen molar-refractivity contribution in [3.63, 3.8) is 0 Å². The molecule has 0 aromatic carbocycles. The van der Waals surface area contributed by atoms with Gasteiger partial charge in [0.1, 0.15) is 30.2 Å². The highest BCUT2D eigenvalue weighted by Crippen LogP contribution is 2.48. The zero-order chi connectivity index (χ0) is 60.2. The molecular weight excluding hydrogens is 1090 g/mol. The number of esters is 2. The van der Waals surface area contributed by atoms with Gasteiger partial charge in [-0.3, -0.25) is 14.4 Å². The lowest BCUT2D eigenvalue weighted by atomic mass is 9.78. The van der Waals surface area contributed by atoms with Crippen LogP contribution in [0.2, 0.25) is 0 Å². The van der Waals surface area contributed by atoms with E-state index in [1.54, 1.807) is 41.7 Å². The van der Waals surface area contributed by atoms with E-state index in [0.29, 0.717) is 43.3 Å². The molecule has 2 spiro atoms. The summed E-state index contributed by atoms with van der Waals surface area (Å²) in [6.45, 7) is 21.8. The van der Waals surface area contributed by atoms with Crippen molar-refractivity contribution in [2.45, 2.75) is 271 Å². The van der Waals surface area contributed by atoms with Gasteiger partial charge in [-0.15, -0.1) is 0 Å². The van der Waals surface area contributed by atoms with Gasteiger partial charge < -0.3 is 83.5 Å². The molecule has 21 heteroatoms. The maximum absolute atomic E-state index is 14.4. The van der Waals surface area contributed by atoms with E-state index in [2.05, 4.69) is 19.7 Å². The monoisotopic (exact) mass is 1180 g/mol. The fourth-order valence-corrected chi connectivity index (χ4v) is 13.9. The van der Waals surface area contributed by atoms with Crippen LogP contribution >= 0.6 is 11.6 Å². The Balaban J connectivity index is 1.19. The van der Waals surface area contributed by atoms with Crippen LogP contribution in [0.5, 0.6) is 0 Å². The Morgan fingerprint density at radius 2 is 1.51 bits per heavy atom. The van der Waals surface area contributed by atoms with Gasteiger partial charge in [0, 0.05) is 101 Å². The molecule has 24 atom stereocenters. The maximum Gasteiger partial charge on any atom is 0.308 e. The first-order chi connectivity index (χ1) is 38.4. The largest absolute Gasteiger partial charge is 0.461 e. The van der Waals surface area contributed by atoms with E-state index in [4.69, 9.17) is 54.2 Å². The molecule has 82 heavy (non-hydrogen) atoms. The SMILES string of the molecule is C=C(Cl)/C=C/C(O)CC(=C)CC1OC2C(C)C(OC(=O)CC3CC(O)CC4(CC(C)(O)CC(CC(=C)C(C)C(OC(C)=O)C(C)C(=O)CC5CC(OC)CC6(CC(O)CC(/C=C\CCCC7OC(O)(CC(O)C7C)C2O)O6)O5)O4)O3)C1O. The molecule has 0 radical (unpaired) electrons. The Kier molecular flexibility index (Phi) is 22.5. The van der Waals surface area contributed by atoms with E-state index in [1.165, 1.54) is 19.1 Å². The number of aliphatic hydroxyl groups is 8. The summed E-state index contributed by atoms with van der Waals surface area (Å²) < 4.78 is 57.3. The van der Waals surface area contributed by atoms with Gasteiger partial charge in [-0.25, -0.2) is 0 Å². The number of ether oxygens (including phenoxy) is 9. The summed E-state index contributed by atoms with van der Waals surface area (Å²) in [5, 5.41) is 93.6. The van der Waals surface area contributed by atoms with Crippen molar-refractivity contribution in [3.8, 4) is 0 Å². The maximum atomic E-state index is 14.4. The number of Topliss-reactive ketones (excluding diaryl/α,β-unsaturated/α-hetero) is 1. The smallest absolute Gasteiger partial charge is 0.308 e. The van der Waals surface area contributed by atoms with Crippen LogP contribution < -0.4 is 0 Å². The molecule has 0 aromatic heterocycles. The van der Waals surface area contributed by atoms with Crippen molar-refractivity contribution >= 4 is 29.3 Å². The standard InChI is InChI=1S/C61H93ClO20/c1-32(18-40(64)17-16-34(3)62)19-51-53(70)55-38(7)56(76-51)57(71)61(73)30-49(68)36(5)50(82-61)15-13-11-12-14-43-21-41(65)26-59(78-43)29-46(74-10)23-45(79-59)24-48(67)37(6)54(75-39(8)63)35(4)33(2)20-47-28-58(9,72)31-60(81-47)27-42(66)22-44(80-60)25-52(69)77-55/h12,14,16-17,35-38,40-47,49-51,53-57,64-66,68,70-73H,1-3,11,13,15,18-31H2,4-10H3/b14-12-,17-16+. The molecule has 0 aliphatic carbocycles. The summed E-state index contributed by atoms with van der Waals surface area (Å²) in [4.78, 5) is 41.4. The number of ketones is 1. The van der Waals surface area contributed by atoms with Crippen LogP contribution in [0.4, 0.5) is 0 Å². The number of rotatable bonds is 8. The minimum absolute atomic E-state index is 0.00951. The van der Waals surface area contributed by atoms with E-state index in [0.717, 1.165) is 0 Å². The Hall–Kier alpha value is -3.00. The molecule has 0 saturated carbocycles. The predicted molar refractivity (Wildman–Crippen MR) is 298 cm³/mol. The quantitative estimate of drug-likeness (QED) is 0.0864. The summed E-state index contributed by atoms with van der Waals surface area (Å²) in [7, 11) is 1.58. The molecule has 464 valence electrons. The van der Waals surface area contributed by atoms with Gasteiger partial charge in [0.05, 0.1) is 91.2 Å². The lowest BCUT2D eigenvalue weighted by Gasteiger charge is -2.52. The number of allylic oxidation sites excluding steroid dienone is 3. The number of carbonyl (C=O) groups excluding carboxylic acids is 3. The van der Waals surface area contributed by atoms with Crippen molar-refractivity contribution in [2.24, 2.45) is 23.7 Å². The predicted octanol–water partition coefficient (Wildman–Crippen LogP) is 5.34. The highest BCUT2D eigenvalue weighted by Gasteiger charge is 2.58. The number of hydrogen-bond donors (Lipinski definition) is 8. The highest BCUT2D eigenvalue weighted by atomic mass is 35.5. The molecule has 7 heterocycles. The first kappa shape index (κ1) is 66.5. The molecule has 6 fully saturated rings. The number of halogens is 1. The molecule has 6 saturated heterocycles. The number of fused-ring (bicyclic) bond motifs is 8. The third-order valence-electron chi connectivity index (χ3n) is 18.0. The second-order valence-corrected chi connectivity index (χ2v) is 25.8. The Bertz CT molecular complexity index is 2310. The summed E-state index contributed by atoms with van der Waals surface area (Å²) in [6, 6.07) is 0.